The lowest BCUT2D eigenvalue weighted by Gasteiger charge is -2.18. The Morgan fingerprint density at radius 3 is 2.83 bits per heavy atom. The lowest BCUT2D eigenvalue weighted by atomic mass is 10.1. The van der Waals surface area contributed by atoms with E-state index in [1.807, 2.05) is 29.4 Å². The van der Waals surface area contributed by atoms with E-state index in [1.165, 1.54) is 0 Å². The van der Waals surface area contributed by atoms with Crippen LogP contribution in [0.2, 0.25) is 0 Å². The van der Waals surface area contributed by atoms with Gasteiger partial charge in [-0.15, -0.1) is 0 Å². The van der Waals surface area contributed by atoms with Gasteiger partial charge in [0.2, 0.25) is 0 Å². The Morgan fingerprint density at radius 2 is 2.11 bits per heavy atom. The van der Waals surface area contributed by atoms with Crippen LogP contribution < -0.4 is 10.4 Å². The molecule has 0 aliphatic carbocycles. The first kappa shape index (κ1) is 11.0. The van der Waals surface area contributed by atoms with Gasteiger partial charge in [0.05, 0.1) is 11.4 Å². The second kappa shape index (κ2) is 4.63. The monoisotopic (exact) mass is 237 g/mol. The van der Waals surface area contributed by atoms with Crippen LogP contribution in [0.3, 0.4) is 0 Å². The van der Waals surface area contributed by atoms with Gasteiger partial charge < -0.3 is 0 Å². The third-order valence-corrected chi connectivity index (χ3v) is 2.95. The molecule has 18 heavy (non-hydrogen) atoms. The van der Waals surface area contributed by atoms with Crippen molar-refractivity contribution < 1.29 is 0 Å². The van der Waals surface area contributed by atoms with Gasteiger partial charge >= 0.3 is 0 Å². The van der Waals surface area contributed by atoms with E-state index in [0.717, 1.165) is 16.9 Å². The molecule has 90 valence electrons. The maximum Gasteiger partial charge on any atom is 0.0702 e. The summed E-state index contributed by atoms with van der Waals surface area (Å²) in [5, 5.41) is 2.04. The molecule has 1 aromatic heterocycles. The van der Waals surface area contributed by atoms with Crippen LogP contribution in [0, 0.1) is 0 Å². The average molecular weight is 237 g/mol. The number of rotatable bonds is 2. The number of pyridine rings is 1. The van der Waals surface area contributed by atoms with Crippen molar-refractivity contribution in [1.29, 1.82) is 0 Å². The molecule has 1 aromatic carbocycles. The number of nitrogens with zero attached hydrogens (tertiary/aromatic N) is 2. The summed E-state index contributed by atoms with van der Waals surface area (Å²) in [5.41, 5.74) is 6.60. The molecule has 0 spiro atoms. The largest absolute Gasteiger partial charge is 0.284 e. The van der Waals surface area contributed by atoms with Crippen molar-refractivity contribution in [1.82, 2.24) is 10.4 Å². The Morgan fingerprint density at radius 1 is 1.17 bits per heavy atom. The summed E-state index contributed by atoms with van der Waals surface area (Å²) in [5.74, 6) is 0. The number of hydrogen-bond acceptors (Lipinski definition) is 3. The fraction of sp³-hybridized carbons (Fsp3) is 0.133. The predicted molar refractivity (Wildman–Crippen MR) is 73.9 cm³/mol. The molecule has 3 rings (SSSR count). The molecule has 2 heterocycles. The summed E-state index contributed by atoms with van der Waals surface area (Å²) in [6.07, 6.45) is 6.01. The Kier molecular flexibility index (Phi) is 2.82. The van der Waals surface area contributed by atoms with E-state index in [9.17, 15) is 0 Å². The number of aromatic nitrogens is 1. The Balaban J connectivity index is 1.93. The Bertz CT molecular complexity index is 563. The van der Waals surface area contributed by atoms with Crippen LogP contribution in [0.1, 0.15) is 6.92 Å². The Labute approximate surface area is 107 Å². The maximum absolute atomic E-state index is 4.37. The van der Waals surface area contributed by atoms with Crippen molar-refractivity contribution >= 4 is 5.69 Å². The second-order valence-corrected chi connectivity index (χ2v) is 4.39. The lowest BCUT2D eigenvalue weighted by molar-refractivity contribution is 0.683. The summed E-state index contributed by atoms with van der Waals surface area (Å²) >= 11 is 0. The predicted octanol–water partition coefficient (Wildman–Crippen LogP) is 2.98. The molecule has 3 nitrogen and oxygen atoms in total. The summed E-state index contributed by atoms with van der Waals surface area (Å²) in [6, 6.07) is 14.7. The van der Waals surface area contributed by atoms with Crippen LogP contribution >= 0.6 is 0 Å². The molecule has 1 atom stereocenters. The molecule has 1 aliphatic heterocycles. The first-order valence-electron chi connectivity index (χ1n) is 6.08. The van der Waals surface area contributed by atoms with Gasteiger partial charge in [0.25, 0.3) is 0 Å². The van der Waals surface area contributed by atoms with Crippen LogP contribution in [0.15, 0.2) is 60.9 Å². The molecule has 0 bridgehead atoms. The van der Waals surface area contributed by atoms with E-state index >= 15 is 0 Å². The van der Waals surface area contributed by atoms with Crippen LogP contribution in [0.25, 0.3) is 11.3 Å². The van der Waals surface area contributed by atoms with Crippen molar-refractivity contribution in [3.8, 4) is 11.3 Å². The quantitative estimate of drug-likeness (QED) is 0.870. The zero-order valence-corrected chi connectivity index (χ0v) is 10.2. The number of anilines is 1. The molecular weight excluding hydrogens is 222 g/mol. The highest BCUT2D eigenvalue weighted by Crippen LogP contribution is 2.23. The van der Waals surface area contributed by atoms with Gasteiger partial charge in [-0.2, -0.15) is 0 Å². The molecule has 3 heteroatoms. The normalized spacial score (nSPS) is 18.3. The van der Waals surface area contributed by atoms with Crippen LogP contribution in [-0.4, -0.2) is 11.0 Å². The van der Waals surface area contributed by atoms with Gasteiger partial charge in [0.1, 0.15) is 0 Å². The first-order valence-corrected chi connectivity index (χ1v) is 6.08. The molecular formula is C15H15N3. The van der Waals surface area contributed by atoms with Gasteiger partial charge in [0.15, 0.2) is 0 Å². The summed E-state index contributed by atoms with van der Waals surface area (Å²) in [7, 11) is 0. The maximum atomic E-state index is 4.37. The highest BCUT2D eigenvalue weighted by molar-refractivity contribution is 5.66. The number of nitrogens with one attached hydrogen (secondary N) is 1. The molecule has 1 unspecified atom stereocenters. The first-order chi connectivity index (χ1) is 8.83. The fourth-order valence-corrected chi connectivity index (χ4v) is 2.03. The molecule has 0 fully saturated rings. The van der Waals surface area contributed by atoms with E-state index < -0.39 is 0 Å². The zero-order chi connectivity index (χ0) is 12.4. The highest BCUT2D eigenvalue weighted by Gasteiger charge is 2.12. The minimum atomic E-state index is 0.378. The van der Waals surface area contributed by atoms with Crippen molar-refractivity contribution in [3.05, 3.63) is 60.9 Å². The minimum Gasteiger partial charge on any atom is -0.284 e. The molecule has 2 aromatic rings. The Hall–Kier alpha value is -2.13. The standard InChI is InChI=1S/C15H15N3/c1-12-8-10-18(17-12)14-6-4-5-13(11-14)15-7-2-3-9-16-15/h2-12,17H,1H3. The topological polar surface area (TPSA) is 28.2 Å². The highest BCUT2D eigenvalue weighted by atomic mass is 15.5. The molecule has 0 radical (unpaired) electrons. The third-order valence-electron chi connectivity index (χ3n) is 2.95. The number of hydrogen-bond donors (Lipinski definition) is 1. The van der Waals surface area contributed by atoms with Crippen molar-refractivity contribution in [3.63, 3.8) is 0 Å². The lowest BCUT2D eigenvalue weighted by Crippen LogP contribution is -2.33. The van der Waals surface area contributed by atoms with Gasteiger partial charge in [-0.3, -0.25) is 9.99 Å². The fourth-order valence-electron chi connectivity index (χ4n) is 2.03. The van der Waals surface area contributed by atoms with E-state index in [-0.39, 0.29) is 0 Å². The second-order valence-electron chi connectivity index (χ2n) is 4.39. The van der Waals surface area contributed by atoms with E-state index in [2.05, 4.69) is 53.9 Å². The average Bonchev–Trinajstić information content (AvgIpc) is 2.87. The third kappa shape index (κ3) is 2.13. The SMILES string of the molecule is CC1C=CN(c2cccc(-c3ccccn3)c2)N1. The van der Waals surface area contributed by atoms with Crippen molar-refractivity contribution in [2.24, 2.45) is 0 Å². The van der Waals surface area contributed by atoms with E-state index in [1.54, 1.807) is 0 Å². The van der Waals surface area contributed by atoms with Crippen LogP contribution in [-0.2, 0) is 0 Å². The van der Waals surface area contributed by atoms with Crippen LogP contribution in [0.5, 0.6) is 0 Å². The van der Waals surface area contributed by atoms with Crippen LogP contribution in [0.4, 0.5) is 5.69 Å². The molecule has 1 N–H and O–H groups in total. The van der Waals surface area contributed by atoms with Gasteiger partial charge in [-0.1, -0.05) is 18.2 Å². The van der Waals surface area contributed by atoms with Crippen molar-refractivity contribution in [2.45, 2.75) is 13.0 Å². The number of benzene rings is 1. The number of hydrazine groups is 1. The van der Waals surface area contributed by atoms with Gasteiger partial charge in [-0.25, -0.2) is 5.43 Å². The molecule has 1 aliphatic rings. The summed E-state index contributed by atoms with van der Waals surface area (Å²) < 4.78 is 0. The van der Waals surface area contributed by atoms with Crippen molar-refractivity contribution in [2.75, 3.05) is 5.01 Å². The zero-order valence-electron chi connectivity index (χ0n) is 10.2. The molecule has 0 saturated heterocycles. The minimum absolute atomic E-state index is 0.378. The molecule has 0 saturated carbocycles. The smallest absolute Gasteiger partial charge is 0.0702 e. The van der Waals surface area contributed by atoms with E-state index in [0.29, 0.717) is 6.04 Å². The van der Waals surface area contributed by atoms with E-state index in [4.69, 9.17) is 0 Å². The van der Waals surface area contributed by atoms with Gasteiger partial charge in [-0.05, 0) is 37.3 Å². The van der Waals surface area contributed by atoms with Gasteiger partial charge in [0, 0.05) is 24.0 Å². The summed E-state index contributed by atoms with van der Waals surface area (Å²) in [6.45, 7) is 2.12. The molecule has 0 amide bonds. The summed E-state index contributed by atoms with van der Waals surface area (Å²) in [4.78, 5) is 4.37.